The van der Waals surface area contributed by atoms with Gasteiger partial charge in [-0.1, -0.05) is 37.3 Å². The van der Waals surface area contributed by atoms with E-state index < -0.39 is 17.7 Å². The monoisotopic (exact) mass is 385 g/mol. The van der Waals surface area contributed by atoms with Crippen molar-refractivity contribution in [3.8, 4) is 16.9 Å². The first kappa shape index (κ1) is 19.3. The number of carbonyl (C=O) groups is 1. The van der Waals surface area contributed by atoms with Crippen LogP contribution in [0.5, 0.6) is 0 Å². The average Bonchev–Trinajstić information content (AvgIpc) is 3.00. The zero-order chi connectivity index (χ0) is 20.3. The molecule has 0 aliphatic rings. The molecule has 4 N–H and O–H groups in total. The molecule has 3 aromatic rings. The lowest BCUT2D eigenvalue weighted by Gasteiger charge is -2.13. The van der Waals surface area contributed by atoms with Gasteiger partial charge >= 0.3 is 6.03 Å². The molecule has 1 unspecified atom stereocenters. The van der Waals surface area contributed by atoms with Gasteiger partial charge in [0.15, 0.2) is 5.82 Å². The summed E-state index contributed by atoms with van der Waals surface area (Å²) in [7, 11) is 0. The average molecular weight is 385 g/mol. The Labute approximate surface area is 161 Å². The number of nitrogens with one attached hydrogen (secondary N) is 2. The minimum Gasteiger partial charge on any atom is -0.382 e. The van der Waals surface area contributed by atoms with Gasteiger partial charge in [0.2, 0.25) is 0 Å². The Morgan fingerprint density at radius 3 is 2.61 bits per heavy atom. The number of nitrogen functional groups attached to an aromatic ring is 1. The van der Waals surface area contributed by atoms with E-state index in [0.29, 0.717) is 11.3 Å². The van der Waals surface area contributed by atoms with Crippen molar-refractivity contribution in [2.75, 3.05) is 11.1 Å². The van der Waals surface area contributed by atoms with Crippen LogP contribution in [-0.2, 0) is 0 Å². The van der Waals surface area contributed by atoms with E-state index in [1.807, 2.05) is 19.9 Å². The number of anilines is 2. The molecule has 0 bridgehead atoms. The van der Waals surface area contributed by atoms with Crippen LogP contribution >= 0.6 is 0 Å². The van der Waals surface area contributed by atoms with Crippen molar-refractivity contribution in [3.63, 3.8) is 0 Å². The van der Waals surface area contributed by atoms with Gasteiger partial charge in [0.1, 0.15) is 28.7 Å². The molecule has 0 saturated carbocycles. The highest BCUT2D eigenvalue weighted by atomic mass is 19.1. The van der Waals surface area contributed by atoms with Crippen molar-refractivity contribution >= 4 is 17.5 Å². The van der Waals surface area contributed by atoms with Gasteiger partial charge in [-0.05, 0) is 25.5 Å². The molecule has 2 aromatic carbocycles. The van der Waals surface area contributed by atoms with Gasteiger partial charge in [0, 0.05) is 17.7 Å². The SMILES string of the molecule is CCC(C)NC(=O)Nc1c(-c2ccccc2)nn(-c2cc(F)ccc2F)c1N. The minimum absolute atomic E-state index is 0.0114. The van der Waals surface area contributed by atoms with Gasteiger partial charge in [0.25, 0.3) is 0 Å². The maximum Gasteiger partial charge on any atom is 0.319 e. The Hall–Kier alpha value is -3.42. The zero-order valence-corrected chi connectivity index (χ0v) is 15.5. The molecule has 0 radical (unpaired) electrons. The predicted molar refractivity (Wildman–Crippen MR) is 105 cm³/mol. The van der Waals surface area contributed by atoms with Gasteiger partial charge in [-0.3, -0.25) is 0 Å². The normalized spacial score (nSPS) is 11.9. The van der Waals surface area contributed by atoms with Gasteiger partial charge in [-0.15, -0.1) is 0 Å². The first-order valence-corrected chi connectivity index (χ1v) is 8.87. The molecule has 3 rings (SSSR count). The maximum atomic E-state index is 14.3. The molecule has 0 fully saturated rings. The van der Waals surface area contributed by atoms with Crippen molar-refractivity contribution in [1.82, 2.24) is 15.1 Å². The van der Waals surface area contributed by atoms with Crippen LogP contribution in [0.15, 0.2) is 48.5 Å². The molecule has 0 spiro atoms. The van der Waals surface area contributed by atoms with Crippen molar-refractivity contribution in [2.45, 2.75) is 26.3 Å². The molecule has 1 aromatic heterocycles. The van der Waals surface area contributed by atoms with E-state index >= 15 is 0 Å². The third-order valence-corrected chi connectivity index (χ3v) is 4.33. The highest BCUT2D eigenvalue weighted by Crippen LogP contribution is 2.34. The number of nitrogens with zero attached hydrogens (tertiary/aromatic N) is 2. The van der Waals surface area contributed by atoms with Crippen molar-refractivity contribution in [1.29, 1.82) is 0 Å². The summed E-state index contributed by atoms with van der Waals surface area (Å²) in [6.45, 7) is 3.81. The van der Waals surface area contributed by atoms with Gasteiger partial charge in [-0.25, -0.2) is 18.3 Å². The standard InChI is InChI=1S/C20H21F2N5O/c1-3-12(2)24-20(28)25-18-17(13-7-5-4-6-8-13)26-27(19(18)23)16-11-14(21)9-10-15(16)22/h4-12H,3,23H2,1-2H3,(H2,24,25,28). The molecule has 1 atom stereocenters. The first-order chi connectivity index (χ1) is 13.4. The summed E-state index contributed by atoms with van der Waals surface area (Å²) < 4.78 is 29.0. The van der Waals surface area contributed by atoms with Gasteiger partial charge in [-0.2, -0.15) is 5.10 Å². The predicted octanol–water partition coefficient (Wildman–Crippen LogP) is 4.32. The van der Waals surface area contributed by atoms with E-state index in [0.717, 1.165) is 29.3 Å². The second-order valence-corrected chi connectivity index (χ2v) is 6.39. The highest BCUT2D eigenvalue weighted by molar-refractivity contribution is 5.97. The van der Waals surface area contributed by atoms with Crippen LogP contribution in [0.4, 0.5) is 25.1 Å². The lowest BCUT2D eigenvalue weighted by Crippen LogP contribution is -2.35. The Kier molecular flexibility index (Phi) is 5.58. The number of aromatic nitrogens is 2. The Balaban J connectivity index is 2.10. The Morgan fingerprint density at radius 2 is 1.93 bits per heavy atom. The molecule has 0 aliphatic heterocycles. The minimum atomic E-state index is -0.689. The number of hydrogen-bond acceptors (Lipinski definition) is 3. The van der Waals surface area contributed by atoms with Crippen LogP contribution < -0.4 is 16.4 Å². The van der Waals surface area contributed by atoms with Crippen LogP contribution in [0, 0.1) is 11.6 Å². The van der Waals surface area contributed by atoms with Crippen molar-refractivity contribution in [2.24, 2.45) is 0 Å². The maximum absolute atomic E-state index is 14.3. The van der Waals surface area contributed by atoms with Gasteiger partial charge < -0.3 is 16.4 Å². The van der Waals surface area contributed by atoms with E-state index in [1.54, 1.807) is 24.3 Å². The molecule has 8 heteroatoms. The molecule has 1 heterocycles. The van der Waals surface area contributed by atoms with Crippen LogP contribution in [0.1, 0.15) is 20.3 Å². The third-order valence-electron chi connectivity index (χ3n) is 4.33. The number of urea groups is 1. The molecule has 0 saturated heterocycles. The lowest BCUT2D eigenvalue weighted by atomic mass is 10.1. The number of benzene rings is 2. The fraction of sp³-hybridized carbons (Fsp3) is 0.200. The number of rotatable bonds is 5. The number of halogens is 2. The Morgan fingerprint density at radius 1 is 1.21 bits per heavy atom. The second-order valence-electron chi connectivity index (χ2n) is 6.39. The van der Waals surface area contributed by atoms with E-state index in [-0.39, 0.29) is 23.2 Å². The molecule has 146 valence electrons. The first-order valence-electron chi connectivity index (χ1n) is 8.87. The van der Waals surface area contributed by atoms with Gasteiger partial charge in [0.05, 0.1) is 0 Å². The largest absolute Gasteiger partial charge is 0.382 e. The summed E-state index contributed by atoms with van der Waals surface area (Å²) in [5, 5.41) is 9.82. The fourth-order valence-corrected chi connectivity index (χ4v) is 2.66. The van der Waals surface area contributed by atoms with Crippen molar-refractivity contribution < 1.29 is 13.6 Å². The summed E-state index contributed by atoms with van der Waals surface area (Å²) >= 11 is 0. The van der Waals surface area contributed by atoms with Crippen LogP contribution in [0.3, 0.4) is 0 Å². The summed E-state index contributed by atoms with van der Waals surface area (Å²) in [4.78, 5) is 12.3. The number of hydrogen-bond donors (Lipinski definition) is 3. The molecule has 2 amide bonds. The molecule has 6 nitrogen and oxygen atoms in total. The number of amides is 2. The second kappa shape index (κ2) is 8.08. The topological polar surface area (TPSA) is 85.0 Å². The van der Waals surface area contributed by atoms with Crippen LogP contribution in [0.25, 0.3) is 16.9 Å². The van der Waals surface area contributed by atoms with Crippen LogP contribution in [0.2, 0.25) is 0 Å². The number of nitrogens with two attached hydrogens (primary N) is 1. The molecular formula is C20H21F2N5O. The van der Waals surface area contributed by atoms with Crippen LogP contribution in [-0.4, -0.2) is 21.9 Å². The highest BCUT2D eigenvalue weighted by Gasteiger charge is 2.22. The summed E-state index contributed by atoms with van der Waals surface area (Å²) in [6.07, 6.45) is 0.752. The van der Waals surface area contributed by atoms with E-state index in [9.17, 15) is 13.6 Å². The Bertz CT molecular complexity index is 988. The third kappa shape index (κ3) is 3.95. The summed E-state index contributed by atoms with van der Waals surface area (Å²) in [5.74, 6) is -1.33. The van der Waals surface area contributed by atoms with E-state index in [4.69, 9.17) is 5.73 Å². The van der Waals surface area contributed by atoms with Crippen molar-refractivity contribution in [3.05, 3.63) is 60.2 Å². The zero-order valence-electron chi connectivity index (χ0n) is 15.5. The molecule has 28 heavy (non-hydrogen) atoms. The fourth-order valence-electron chi connectivity index (χ4n) is 2.66. The molecular weight excluding hydrogens is 364 g/mol. The quantitative estimate of drug-likeness (QED) is 0.611. The summed E-state index contributed by atoms with van der Waals surface area (Å²) in [5.41, 5.74) is 7.26. The van der Waals surface area contributed by atoms with E-state index in [2.05, 4.69) is 15.7 Å². The van der Waals surface area contributed by atoms with E-state index in [1.165, 1.54) is 0 Å². The molecule has 0 aliphatic carbocycles. The smallest absolute Gasteiger partial charge is 0.319 e. The summed E-state index contributed by atoms with van der Waals surface area (Å²) in [6, 6.07) is 11.5. The lowest BCUT2D eigenvalue weighted by molar-refractivity contribution is 0.249. The number of carbonyl (C=O) groups excluding carboxylic acids is 1.